The number of fused-ring (bicyclic) bond motifs is 1. The second kappa shape index (κ2) is 9.17. The molecule has 6 nitrogen and oxygen atoms in total. The van der Waals surface area contributed by atoms with Crippen LogP contribution in [0.1, 0.15) is 39.3 Å². The van der Waals surface area contributed by atoms with Crippen molar-refractivity contribution >= 4 is 5.91 Å². The molecule has 1 aliphatic rings. The van der Waals surface area contributed by atoms with E-state index >= 15 is 0 Å². The molecule has 0 saturated heterocycles. The maximum absolute atomic E-state index is 13.8. The predicted molar refractivity (Wildman–Crippen MR) is 113 cm³/mol. The number of aromatic nitrogens is 3. The lowest BCUT2D eigenvalue weighted by Gasteiger charge is -2.24. The van der Waals surface area contributed by atoms with E-state index in [0.29, 0.717) is 17.3 Å². The molecule has 0 aliphatic heterocycles. The molecule has 1 aromatic carbocycles. The van der Waals surface area contributed by atoms with Gasteiger partial charge in [-0.15, -0.1) is 0 Å². The molecule has 30 heavy (non-hydrogen) atoms. The van der Waals surface area contributed by atoms with Crippen LogP contribution in [0.5, 0.6) is 0 Å². The summed E-state index contributed by atoms with van der Waals surface area (Å²) in [6, 6.07) is 10.8. The van der Waals surface area contributed by atoms with Crippen molar-refractivity contribution in [1.82, 2.24) is 25.4 Å². The van der Waals surface area contributed by atoms with Crippen molar-refractivity contribution in [2.45, 2.75) is 38.3 Å². The zero-order valence-corrected chi connectivity index (χ0v) is 17.1. The van der Waals surface area contributed by atoms with Gasteiger partial charge in [-0.1, -0.05) is 24.3 Å². The number of hydrogen-bond acceptors (Lipinski definition) is 4. The lowest BCUT2D eigenvalue weighted by molar-refractivity contribution is 0.0943. The largest absolute Gasteiger partial charge is 0.346 e. The number of aryl methyl sites for hydroxylation is 1. The molecule has 0 radical (unpaired) electrons. The molecule has 0 unspecified atom stereocenters. The zero-order chi connectivity index (χ0) is 20.9. The van der Waals surface area contributed by atoms with Gasteiger partial charge in [-0.25, -0.2) is 4.39 Å². The Morgan fingerprint density at radius 2 is 2.13 bits per heavy atom. The van der Waals surface area contributed by atoms with Crippen LogP contribution in [0.25, 0.3) is 0 Å². The minimum Gasteiger partial charge on any atom is -0.346 e. The van der Waals surface area contributed by atoms with Crippen LogP contribution in [0.3, 0.4) is 0 Å². The highest BCUT2D eigenvalue weighted by atomic mass is 19.1. The number of carbonyl (C=O) groups excluding carboxylic acids is 1. The Hall–Kier alpha value is -3.06. The molecule has 0 saturated carbocycles. The molecule has 1 amide bonds. The maximum Gasteiger partial charge on any atom is 0.272 e. The van der Waals surface area contributed by atoms with Gasteiger partial charge in [-0.2, -0.15) is 5.10 Å². The van der Waals surface area contributed by atoms with E-state index in [1.54, 1.807) is 29.1 Å². The van der Waals surface area contributed by atoms with Crippen LogP contribution in [0.2, 0.25) is 0 Å². The molecule has 0 spiro atoms. The quantitative estimate of drug-likeness (QED) is 0.632. The molecule has 2 N–H and O–H groups in total. The van der Waals surface area contributed by atoms with Gasteiger partial charge < -0.3 is 10.6 Å². The fourth-order valence-corrected chi connectivity index (χ4v) is 4.01. The Kier molecular flexibility index (Phi) is 6.18. The van der Waals surface area contributed by atoms with Crippen LogP contribution in [0, 0.1) is 5.82 Å². The highest BCUT2D eigenvalue weighted by Gasteiger charge is 2.28. The topological polar surface area (TPSA) is 71.8 Å². The first kappa shape index (κ1) is 20.2. The summed E-state index contributed by atoms with van der Waals surface area (Å²) < 4.78 is 15.6. The average Bonchev–Trinajstić information content (AvgIpc) is 3.10. The molecule has 0 bridgehead atoms. The van der Waals surface area contributed by atoms with Crippen molar-refractivity contribution in [3.05, 3.63) is 82.7 Å². The highest BCUT2D eigenvalue weighted by molar-refractivity contribution is 5.94. The normalized spacial score (nSPS) is 15.6. The van der Waals surface area contributed by atoms with E-state index in [9.17, 15) is 9.18 Å². The molecule has 1 atom stereocenters. The molecule has 2 aromatic heterocycles. The van der Waals surface area contributed by atoms with Gasteiger partial charge in [0.1, 0.15) is 5.82 Å². The van der Waals surface area contributed by atoms with E-state index < -0.39 is 0 Å². The predicted octanol–water partition coefficient (Wildman–Crippen LogP) is 2.57. The van der Waals surface area contributed by atoms with Crippen LogP contribution in [-0.4, -0.2) is 33.3 Å². The van der Waals surface area contributed by atoms with E-state index in [0.717, 1.165) is 43.5 Å². The monoisotopic (exact) mass is 407 g/mol. The molecule has 3 aromatic rings. The average molecular weight is 407 g/mol. The van der Waals surface area contributed by atoms with Crippen molar-refractivity contribution in [2.75, 3.05) is 6.54 Å². The van der Waals surface area contributed by atoms with Gasteiger partial charge in [-0.05, 0) is 49.9 Å². The van der Waals surface area contributed by atoms with E-state index in [-0.39, 0.29) is 18.3 Å². The second-order valence-electron chi connectivity index (χ2n) is 7.68. The van der Waals surface area contributed by atoms with E-state index in [2.05, 4.69) is 26.8 Å². The standard InChI is InChI=1S/C23H26FN5O/c1-29-21-9-8-18(26-12-10-16-5-4-11-25-14-16)13-19(21)22(28-29)23(30)27-15-17-6-2-3-7-20(17)24/h2-7,11,14,18,26H,8-10,12-13,15H2,1H3,(H,27,30)/t18-/m1/s1. The van der Waals surface area contributed by atoms with Crippen molar-refractivity contribution in [2.24, 2.45) is 7.05 Å². The summed E-state index contributed by atoms with van der Waals surface area (Å²) in [6.07, 6.45) is 7.24. The van der Waals surface area contributed by atoms with Crippen LogP contribution in [-0.2, 0) is 32.9 Å². The minimum absolute atomic E-state index is 0.143. The first-order valence-corrected chi connectivity index (χ1v) is 10.3. The number of benzene rings is 1. The minimum atomic E-state index is -0.321. The number of rotatable bonds is 7. The number of pyridine rings is 1. The van der Waals surface area contributed by atoms with Crippen molar-refractivity contribution < 1.29 is 9.18 Å². The first-order chi connectivity index (χ1) is 14.6. The maximum atomic E-state index is 13.8. The lowest BCUT2D eigenvalue weighted by Crippen LogP contribution is -2.36. The van der Waals surface area contributed by atoms with Gasteiger partial charge in [0.15, 0.2) is 5.69 Å². The molecule has 1 aliphatic carbocycles. The van der Waals surface area contributed by atoms with Crippen LogP contribution in [0.4, 0.5) is 4.39 Å². The van der Waals surface area contributed by atoms with Gasteiger partial charge in [0.2, 0.25) is 0 Å². The molecular formula is C23H26FN5O. The number of amides is 1. The molecule has 156 valence electrons. The van der Waals surface area contributed by atoms with Gasteiger partial charge in [-0.3, -0.25) is 14.5 Å². The number of nitrogens with one attached hydrogen (secondary N) is 2. The third-order valence-electron chi connectivity index (χ3n) is 5.64. The third kappa shape index (κ3) is 4.57. The smallest absolute Gasteiger partial charge is 0.272 e. The summed E-state index contributed by atoms with van der Waals surface area (Å²) in [7, 11) is 1.88. The Morgan fingerprint density at radius 1 is 1.27 bits per heavy atom. The summed E-state index contributed by atoms with van der Waals surface area (Å²) >= 11 is 0. The van der Waals surface area contributed by atoms with Crippen molar-refractivity contribution in [3.63, 3.8) is 0 Å². The van der Waals surface area contributed by atoms with E-state index in [1.165, 1.54) is 11.6 Å². The summed E-state index contributed by atoms with van der Waals surface area (Å²) in [5.74, 6) is -0.579. The number of nitrogens with zero attached hydrogens (tertiary/aromatic N) is 3. The molecule has 4 rings (SSSR count). The molecule has 7 heteroatoms. The van der Waals surface area contributed by atoms with Crippen LogP contribution < -0.4 is 10.6 Å². The number of halogens is 1. The lowest BCUT2D eigenvalue weighted by atomic mass is 9.91. The molecule has 0 fully saturated rings. The Labute approximate surface area is 175 Å². The van der Waals surface area contributed by atoms with E-state index in [1.807, 2.05) is 19.3 Å². The Balaban J connectivity index is 1.38. The fraction of sp³-hybridized carbons (Fsp3) is 0.348. The van der Waals surface area contributed by atoms with Gasteiger partial charge in [0, 0.05) is 48.8 Å². The SMILES string of the molecule is Cn1nc(C(=O)NCc2ccccc2F)c2c1CC[C@@H](NCCc1cccnc1)C2. The van der Waals surface area contributed by atoms with Crippen LogP contribution in [0.15, 0.2) is 48.8 Å². The van der Waals surface area contributed by atoms with Crippen LogP contribution >= 0.6 is 0 Å². The summed E-state index contributed by atoms with van der Waals surface area (Å²) in [6.45, 7) is 1.00. The fourth-order valence-electron chi connectivity index (χ4n) is 4.01. The molecule has 2 heterocycles. The number of hydrogen-bond donors (Lipinski definition) is 2. The van der Waals surface area contributed by atoms with E-state index in [4.69, 9.17) is 0 Å². The first-order valence-electron chi connectivity index (χ1n) is 10.3. The number of carbonyl (C=O) groups is 1. The third-order valence-corrected chi connectivity index (χ3v) is 5.64. The van der Waals surface area contributed by atoms with Gasteiger partial charge in [0.05, 0.1) is 0 Å². The van der Waals surface area contributed by atoms with Gasteiger partial charge in [0.25, 0.3) is 5.91 Å². The second-order valence-corrected chi connectivity index (χ2v) is 7.68. The summed E-state index contributed by atoms with van der Waals surface area (Å²) in [5.41, 5.74) is 4.22. The Bertz CT molecular complexity index is 1020. The summed E-state index contributed by atoms with van der Waals surface area (Å²) in [4.78, 5) is 16.9. The Morgan fingerprint density at radius 3 is 2.93 bits per heavy atom. The highest BCUT2D eigenvalue weighted by Crippen LogP contribution is 2.24. The van der Waals surface area contributed by atoms with Gasteiger partial charge >= 0.3 is 0 Å². The molecular weight excluding hydrogens is 381 g/mol. The zero-order valence-electron chi connectivity index (χ0n) is 17.1. The summed E-state index contributed by atoms with van der Waals surface area (Å²) in [5, 5.41) is 10.9. The van der Waals surface area contributed by atoms with Crippen molar-refractivity contribution in [3.8, 4) is 0 Å². The van der Waals surface area contributed by atoms with Crippen molar-refractivity contribution in [1.29, 1.82) is 0 Å².